The fourth-order valence-electron chi connectivity index (χ4n) is 3.67. The maximum absolute atomic E-state index is 13.2. The van der Waals surface area contributed by atoms with Gasteiger partial charge in [-0.05, 0) is 25.8 Å². The van der Waals surface area contributed by atoms with Gasteiger partial charge in [0.05, 0.1) is 24.3 Å². The second-order valence-electron chi connectivity index (χ2n) is 6.27. The summed E-state index contributed by atoms with van der Waals surface area (Å²) in [6, 6.07) is 8.31. The van der Waals surface area contributed by atoms with Crippen LogP contribution in [0.1, 0.15) is 30.1 Å². The van der Waals surface area contributed by atoms with Crippen LogP contribution in [0.2, 0.25) is 0 Å². The molecule has 3 heterocycles. The van der Waals surface area contributed by atoms with Crippen molar-refractivity contribution in [2.75, 3.05) is 6.54 Å². The van der Waals surface area contributed by atoms with Gasteiger partial charge in [-0.25, -0.2) is 0 Å². The number of aromatic nitrogens is 4. The first kappa shape index (κ1) is 14.9. The molecule has 0 radical (unpaired) electrons. The van der Waals surface area contributed by atoms with E-state index < -0.39 is 0 Å². The van der Waals surface area contributed by atoms with Crippen LogP contribution in [-0.2, 0) is 13.1 Å². The molecule has 1 atom stereocenters. The van der Waals surface area contributed by atoms with Crippen LogP contribution >= 0.6 is 0 Å². The van der Waals surface area contributed by atoms with Crippen molar-refractivity contribution in [1.82, 2.24) is 24.5 Å². The first-order chi connectivity index (χ1) is 11.8. The Morgan fingerprint density at radius 2 is 2.21 bits per heavy atom. The lowest BCUT2D eigenvalue weighted by molar-refractivity contribution is 0.0723. The zero-order valence-electron chi connectivity index (χ0n) is 13.8. The summed E-state index contributed by atoms with van der Waals surface area (Å²) in [4.78, 5) is 15.2. The van der Waals surface area contributed by atoms with Crippen LogP contribution in [-0.4, -0.2) is 43.0 Å². The Labute approximate surface area is 140 Å². The fourth-order valence-corrected chi connectivity index (χ4v) is 3.67. The topological polar surface area (TPSA) is 56.0 Å². The van der Waals surface area contributed by atoms with Crippen molar-refractivity contribution in [3.8, 4) is 0 Å². The summed E-state index contributed by atoms with van der Waals surface area (Å²) in [5, 5.41) is 8.93. The van der Waals surface area contributed by atoms with Gasteiger partial charge in [-0.2, -0.15) is 0 Å². The zero-order chi connectivity index (χ0) is 16.5. The molecule has 1 amide bonds. The number of carbonyl (C=O) groups excluding carboxylic acids is 1. The number of para-hydroxylation sites is 1. The molecule has 1 saturated heterocycles. The molecule has 2 aromatic heterocycles. The van der Waals surface area contributed by atoms with Crippen molar-refractivity contribution in [2.24, 2.45) is 0 Å². The van der Waals surface area contributed by atoms with E-state index in [1.807, 2.05) is 40.2 Å². The first-order valence-electron chi connectivity index (χ1n) is 8.51. The molecule has 1 fully saturated rings. The molecule has 0 spiro atoms. The van der Waals surface area contributed by atoms with Crippen LogP contribution in [0.15, 0.2) is 42.9 Å². The highest BCUT2D eigenvalue weighted by molar-refractivity contribution is 6.07. The Morgan fingerprint density at radius 1 is 1.33 bits per heavy atom. The third-order valence-corrected chi connectivity index (χ3v) is 4.87. The molecular weight excluding hydrogens is 302 g/mol. The number of nitrogens with zero attached hydrogens (tertiary/aromatic N) is 5. The first-order valence-corrected chi connectivity index (χ1v) is 8.51. The Balaban J connectivity index is 1.65. The van der Waals surface area contributed by atoms with Gasteiger partial charge in [0.2, 0.25) is 0 Å². The van der Waals surface area contributed by atoms with Gasteiger partial charge >= 0.3 is 0 Å². The van der Waals surface area contributed by atoms with Crippen molar-refractivity contribution in [1.29, 1.82) is 0 Å². The molecule has 0 N–H and O–H groups in total. The Kier molecular flexibility index (Phi) is 3.80. The Bertz CT molecular complexity index is 852. The lowest BCUT2D eigenvalue weighted by Crippen LogP contribution is -2.38. The van der Waals surface area contributed by atoms with Gasteiger partial charge < -0.3 is 9.47 Å². The summed E-state index contributed by atoms with van der Waals surface area (Å²) in [5.74, 6) is 0.126. The second-order valence-corrected chi connectivity index (χ2v) is 6.27. The van der Waals surface area contributed by atoms with Crippen molar-refractivity contribution in [3.63, 3.8) is 0 Å². The van der Waals surface area contributed by atoms with Gasteiger partial charge in [0.1, 0.15) is 0 Å². The monoisotopic (exact) mass is 323 g/mol. The second kappa shape index (κ2) is 6.11. The molecular formula is C18H21N5O. The van der Waals surface area contributed by atoms with Crippen LogP contribution in [0.4, 0.5) is 0 Å². The van der Waals surface area contributed by atoms with Crippen LogP contribution in [0.5, 0.6) is 0 Å². The average Bonchev–Trinajstić information content (AvgIpc) is 3.34. The van der Waals surface area contributed by atoms with Gasteiger partial charge in [-0.3, -0.25) is 9.48 Å². The Hall–Kier alpha value is -2.63. The summed E-state index contributed by atoms with van der Waals surface area (Å²) in [7, 11) is 0. The van der Waals surface area contributed by atoms with Crippen molar-refractivity contribution < 1.29 is 4.79 Å². The van der Waals surface area contributed by atoms with Crippen LogP contribution < -0.4 is 0 Å². The highest BCUT2D eigenvalue weighted by atomic mass is 16.2. The van der Waals surface area contributed by atoms with Gasteiger partial charge in [-0.15, -0.1) is 5.10 Å². The van der Waals surface area contributed by atoms with Crippen molar-refractivity contribution >= 4 is 16.8 Å². The maximum atomic E-state index is 13.2. The lowest BCUT2D eigenvalue weighted by atomic mass is 10.1. The molecule has 0 aliphatic carbocycles. The molecule has 0 bridgehead atoms. The van der Waals surface area contributed by atoms with Crippen LogP contribution in [0.25, 0.3) is 10.9 Å². The summed E-state index contributed by atoms with van der Waals surface area (Å²) in [6.45, 7) is 4.47. The number of hydrogen-bond acceptors (Lipinski definition) is 3. The minimum absolute atomic E-state index is 0.126. The van der Waals surface area contributed by atoms with E-state index in [1.165, 1.54) is 0 Å². The number of carbonyl (C=O) groups is 1. The summed E-state index contributed by atoms with van der Waals surface area (Å²) in [5.41, 5.74) is 1.92. The smallest absolute Gasteiger partial charge is 0.256 e. The Morgan fingerprint density at radius 3 is 3.00 bits per heavy atom. The van der Waals surface area contributed by atoms with E-state index in [-0.39, 0.29) is 11.9 Å². The number of aryl methyl sites for hydroxylation is 1. The standard InChI is InChI=1S/C18H21N5O/c1-2-21-13-16(15-7-3-4-8-17(15)21)18(24)23-10-5-6-14(23)12-22-11-9-19-20-22/h3-4,7-9,11,13-14H,2,5-6,10,12H2,1H3/t14-/m0/s1. The van der Waals surface area contributed by atoms with Crippen molar-refractivity contribution in [2.45, 2.75) is 38.9 Å². The minimum Gasteiger partial charge on any atom is -0.347 e. The largest absolute Gasteiger partial charge is 0.347 e. The van der Waals surface area contributed by atoms with Gasteiger partial charge in [-0.1, -0.05) is 23.4 Å². The molecule has 6 heteroatoms. The molecule has 4 rings (SSSR count). The van der Waals surface area contributed by atoms with E-state index in [0.717, 1.165) is 42.4 Å². The summed E-state index contributed by atoms with van der Waals surface area (Å²) in [6.07, 6.45) is 7.58. The predicted octanol–water partition coefficient (Wildman–Crippen LogP) is 2.56. The number of hydrogen-bond donors (Lipinski definition) is 0. The average molecular weight is 323 g/mol. The molecule has 0 unspecified atom stereocenters. The highest BCUT2D eigenvalue weighted by Gasteiger charge is 2.31. The fraction of sp³-hybridized carbons (Fsp3) is 0.389. The van der Waals surface area contributed by atoms with Crippen LogP contribution in [0.3, 0.4) is 0 Å². The number of likely N-dealkylation sites (tertiary alicyclic amines) is 1. The van der Waals surface area contributed by atoms with E-state index in [4.69, 9.17) is 0 Å². The van der Waals surface area contributed by atoms with E-state index in [9.17, 15) is 4.79 Å². The van der Waals surface area contributed by atoms with Gasteiger partial charge in [0.15, 0.2) is 0 Å². The zero-order valence-corrected chi connectivity index (χ0v) is 13.8. The van der Waals surface area contributed by atoms with Gasteiger partial charge in [0, 0.05) is 36.4 Å². The molecule has 1 aliphatic rings. The predicted molar refractivity (Wildman–Crippen MR) is 91.7 cm³/mol. The normalized spacial score (nSPS) is 17.7. The number of rotatable bonds is 4. The lowest BCUT2D eigenvalue weighted by Gasteiger charge is -2.24. The van der Waals surface area contributed by atoms with Crippen LogP contribution in [0, 0.1) is 0 Å². The summed E-state index contributed by atoms with van der Waals surface area (Å²) >= 11 is 0. The molecule has 0 saturated carbocycles. The molecule has 124 valence electrons. The van der Waals surface area contributed by atoms with E-state index in [0.29, 0.717) is 6.54 Å². The molecule has 3 aromatic rings. The quantitative estimate of drug-likeness (QED) is 0.741. The number of amides is 1. The maximum Gasteiger partial charge on any atom is 0.256 e. The molecule has 1 aliphatic heterocycles. The van der Waals surface area contributed by atoms with E-state index >= 15 is 0 Å². The van der Waals surface area contributed by atoms with Gasteiger partial charge in [0.25, 0.3) is 5.91 Å². The summed E-state index contributed by atoms with van der Waals surface area (Å²) < 4.78 is 3.96. The third kappa shape index (κ3) is 2.48. The molecule has 6 nitrogen and oxygen atoms in total. The molecule has 1 aromatic carbocycles. The van der Waals surface area contributed by atoms with E-state index in [1.54, 1.807) is 6.20 Å². The SMILES string of the molecule is CCn1cc(C(=O)N2CCC[C@H]2Cn2ccnn2)c2ccccc21. The molecule has 24 heavy (non-hydrogen) atoms. The minimum atomic E-state index is 0.126. The van der Waals surface area contributed by atoms with Crippen molar-refractivity contribution in [3.05, 3.63) is 48.4 Å². The number of benzene rings is 1. The third-order valence-electron chi connectivity index (χ3n) is 4.87. The van der Waals surface area contributed by atoms with E-state index in [2.05, 4.69) is 27.9 Å². The highest BCUT2D eigenvalue weighted by Crippen LogP contribution is 2.27. The number of fused-ring (bicyclic) bond motifs is 1.